The van der Waals surface area contributed by atoms with Crippen LogP contribution in [0.5, 0.6) is 0 Å². The molecule has 0 fully saturated rings. The van der Waals surface area contributed by atoms with Gasteiger partial charge in [0.05, 0.1) is 10.7 Å². The van der Waals surface area contributed by atoms with Crippen LogP contribution in [0.25, 0.3) is 0 Å². The van der Waals surface area contributed by atoms with Crippen molar-refractivity contribution in [3.63, 3.8) is 0 Å². The van der Waals surface area contributed by atoms with Gasteiger partial charge in [-0.2, -0.15) is 5.10 Å². The molecule has 0 saturated carbocycles. The molecule has 3 nitrogen and oxygen atoms in total. The van der Waals surface area contributed by atoms with E-state index in [9.17, 15) is 4.79 Å². The van der Waals surface area contributed by atoms with Gasteiger partial charge in [-0.3, -0.25) is 9.48 Å². The van der Waals surface area contributed by atoms with E-state index in [-0.39, 0.29) is 11.8 Å². The van der Waals surface area contributed by atoms with Gasteiger partial charge in [0.25, 0.3) is 0 Å². The normalized spacial score (nSPS) is 11.5. The van der Waals surface area contributed by atoms with Gasteiger partial charge in [-0.15, -0.1) is 0 Å². The summed E-state index contributed by atoms with van der Waals surface area (Å²) in [6.07, 6.45) is 5.97. The summed E-state index contributed by atoms with van der Waals surface area (Å²) in [6.45, 7) is 6.00. The molecule has 0 unspecified atom stereocenters. The van der Waals surface area contributed by atoms with Crippen molar-refractivity contribution in [2.45, 2.75) is 33.2 Å². The van der Waals surface area contributed by atoms with Crippen LogP contribution >= 0.6 is 15.9 Å². The van der Waals surface area contributed by atoms with Crippen molar-refractivity contribution in [1.29, 1.82) is 0 Å². The van der Waals surface area contributed by atoms with E-state index in [0.717, 1.165) is 10.9 Å². The summed E-state index contributed by atoms with van der Waals surface area (Å²) in [7, 11) is 0. The van der Waals surface area contributed by atoms with Gasteiger partial charge in [-0.05, 0) is 42.3 Å². The third kappa shape index (κ3) is 2.78. The Morgan fingerprint density at radius 2 is 2.33 bits per heavy atom. The molecule has 0 bridgehead atoms. The number of hydrogen-bond donors (Lipinski definition) is 0. The quantitative estimate of drug-likeness (QED) is 0.621. The lowest BCUT2D eigenvalue weighted by molar-refractivity contribution is 0.103. The highest BCUT2D eigenvalue weighted by atomic mass is 79.9. The molecule has 0 radical (unpaired) electrons. The molecule has 0 aliphatic rings. The molecule has 0 N–H and O–H groups in total. The van der Waals surface area contributed by atoms with Crippen molar-refractivity contribution >= 4 is 21.7 Å². The molecular weight excluding hydrogens is 256 g/mol. The predicted molar refractivity (Wildman–Crippen MR) is 64.1 cm³/mol. The molecule has 82 valence electrons. The zero-order valence-corrected chi connectivity index (χ0v) is 10.8. The largest absolute Gasteiger partial charge is 0.288 e. The average Bonchev–Trinajstić information content (AvgIpc) is 2.56. The summed E-state index contributed by atoms with van der Waals surface area (Å²) < 4.78 is 2.48. The zero-order valence-electron chi connectivity index (χ0n) is 9.20. The Bertz CT molecular complexity index is 380. The van der Waals surface area contributed by atoms with Crippen LogP contribution in [0.1, 0.15) is 43.7 Å². The van der Waals surface area contributed by atoms with Crippen molar-refractivity contribution in [2.75, 3.05) is 0 Å². The Morgan fingerprint density at radius 1 is 1.67 bits per heavy atom. The molecule has 4 heteroatoms. The molecule has 15 heavy (non-hydrogen) atoms. The summed E-state index contributed by atoms with van der Waals surface area (Å²) in [4.78, 5) is 11.8. The van der Waals surface area contributed by atoms with Crippen molar-refractivity contribution in [3.05, 3.63) is 28.5 Å². The number of allylic oxidation sites excluding steroid dienone is 2. The van der Waals surface area contributed by atoms with Crippen molar-refractivity contribution in [3.8, 4) is 0 Å². The molecule has 0 aliphatic heterocycles. The fourth-order valence-electron chi connectivity index (χ4n) is 1.27. The number of rotatable bonds is 4. The first-order valence-corrected chi connectivity index (χ1v) is 5.81. The van der Waals surface area contributed by atoms with Gasteiger partial charge in [-0.1, -0.05) is 13.0 Å². The summed E-state index contributed by atoms with van der Waals surface area (Å²) in [5.74, 6) is -0.00470. The highest BCUT2D eigenvalue weighted by Gasteiger charge is 2.16. The van der Waals surface area contributed by atoms with Crippen LogP contribution < -0.4 is 0 Å². The SMILES string of the molecule is CC/C=C/C(=O)c1c(Br)cnn1C(C)C. The van der Waals surface area contributed by atoms with Gasteiger partial charge >= 0.3 is 0 Å². The van der Waals surface area contributed by atoms with E-state index in [0.29, 0.717) is 5.69 Å². The Balaban J connectivity index is 3.06. The highest BCUT2D eigenvalue weighted by Crippen LogP contribution is 2.20. The van der Waals surface area contributed by atoms with Crippen LogP contribution in [-0.4, -0.2) is 15.6 Å². The summed E-state index contributed by atoms with van der Waals surface area (Å²) >= 11 is 3.34. The molecule has 0 saturated heterocycles. The van der Waals surface area contributed by atoms with E-state index in [4.69, 9.17) is 0 Å². The minimum Gasteiger partial charge on any atom is -0.288 e. The summed E-state index contributed by atoms with van der Waals surface area (Å²) in [5.41, 5.74) is 0.620. The molecule has 0 amide bonds. The van der Waals surface area contributed by atoms with Gasteiger partial charge in [0.1, 0.15) is 5.69 Å². The standard InChI is InChI=1S/C11H15BrN2O/c1-4-5-6-10(15)11-9(12)7-13-14(11)8(2)3/h5-8H,4H2,1-3H3/b6-5+. The second kappa shape index (κ2) is 5.26. The molecule has 1 heterocycles. The molecule has 0 aliphatic carbocycles. The van der Waals surface area contributed by atoms with Crippen LogP contribution in [0.2, 0.25) is 0 Å². The third-order valence-electron chi connectivity index (χ3n) is 1.98. The first kappa shape index (κ1) is 12.2. The fourth-order valence-corrected chi connectivity index (χ4v) is 1.74. The minimum atomic E-state index is -0.00470. The lowest BCUT2D eigenvalue weighted by Gasteiger charge is -2.08. The van der Waals surface area contributed by atoms with Gasteiger partial charge in [0.2, 0.25) is 5.78 Å². The van der Waals surface area contributed by atoms with Crippen molar-refractivity contribution in [2.24, 2.45) is 0 Å². The second-order valence-electron chi connectivity index (χ2n) is 3.55. The molecule has 0 atom stereocenters. The number of nitrogens with zero attached hydrogens (tertiary/aromatic N) is 2. The Morgan fingerprint density at radius 3 is 2.87 bits per heavy atom. The first-order valence-electron chi connectivity index (χ1n) is 5.01. The van der Waals surface area contributed by atoms with E-state index >= 15 is 0 Å². The highest BCUT2D eigenvalue weighted by molar-refractivity contribution is 9.10. The Hall–Kier alpha value is -0.900. The van der Waals surface area contributed by atoms with Crippen LogP contribution in [0.4, 0.5) is 0 Å². The number of carbonyl (C=O) groups excluding carboxylic acids is 1. The maximum absolute atomic E-state index is 11.8. The average molecular weight is 271 g/mol. The zero-order chi connectivity index (χ0) is 11.4. The van der Waals surface area contributed by atoms with E-state index in [1.807, 2.05) is 26.8 Å². The monoisotopic (exact) mass is 270 g/mol. The maximum Gasteiger partial charge on any atom is 0.204 e. The number of halogens is 1. The summed E-state index contributed by atoms with van der Waals surface area (Å²) in [6, 6.07) is 0.185. The fraction of sp³-hybridized carbons (Fsp3) is 0.455. The van der Waals surface area contributed by atoms with Gasteiger partial charge in [0.15, 0.2) is 0 Å². The Kier molecular flexibility index (Phi) is 4.27. The third-order valence-corrected chi connectivity index (χ3v) is 2.56. The van der Waals surface area contributed by atoms with Crippen LogP contribution in [-0.2, 0) is 0 Å². The minimum absolute atomic E-state index is 0.00470. The molecule has 1 rings (SSSR count). The van der Waals surface area contributed by atoms with Gasteiger partial charge in [-0.25, -0.2) is 0 Å². The van der Waals surface area contributed by atoms with Crippen molar-refractivity contribution in [1.82, 2.24) is 9.78 Å². The van der Waals surface area contributed by atoms with Crippen molar-refractivity contribution < 1.29 is 4.79 Å². The van der Waals surface area contributed by atoms with Gasteiger partial charge < -0.3 is 0 Å². The van der Waals surface area contributed by atoms with E-state index in [2.05, 4.69) is 21.0 Å². The maximum atomic E-state index is 11.8. The predicted octanol–water partition coefficient (Wildman–Crippen LogP) is 3.38. The van der Waals surface area contributed by atoms with E-state index in [1.54, 1.807) is 17.0 Å². The Labute approximate surface area is 98.3 Å². The lowest BCUT2D eigenvalue weighted by Crippen LogP contribution is -2.11. The molecule has 1 aromatic heterocycles. The summed E-state index contributed by atoms with van der Waals surface area (Å²) in [5, 5.41) is 4.16. The molecule has 0 aromatic carbocycles. The smallest absolute Gasteiger partial charge is 0.204 e. The number of carbonyl (C=O) groups is 1. The van der Waals surface area contributed by atoms with E-state index in [1.165, 1.54) is 0 Å². The van der Waals surface area contributed by atoms with Crippen LogP contribution in [0.15, 0.2) is 22.8 Å². The van der Waals surface area contributed by atoms with Crippen LogP contribution in [0.3, 0.4) is 0 Å². The molecule has 1 aromatic rings. The van der Waals surface area contributed by atoms with E-state index < -0.39 is 0 Å². The number of ketones is 1. The molecule has 0 spiro atoms. The van der Waals surface area contributed by atoms with Crippen LogP contribution in [0, 0.1) is 0 Å². The molecular formula is C11H15BrN2O. The number of hydrogen-bond acceptors (Lipinski definition) is 2. The van der Waals surface area contributed by atoms with Gasteiger partial charge in [0, 0.05) is 6.04 Å². The second-order valence-corrected chi connectivity index (χ2v) is 4.41. The lowest BCUT2D eigenvalue weighted by atomic mass is 10.2. The number of aromatic nitrogens is 2. The topological polar surface area (TPSA) is 34.9 Å². The first-order chi connectivity index (χ1) is 7.07.